The fourth-order valence-electron chi connectivity index (χ4n) is 2.30. The average Bonchev–Trinajstić information content (AvgIpc) is 2.61. The quantitative estimate of drug-likeness (QED) is 0.752. The number of hydrogen-bond donors (Lipinski definition) is 2. The van der Waals surface area contributed by atoms with E-state index in [1.807, 2.05) is 12.1 Å². The molecule has 138 valence electrons. The van der Waals surface area contributed by atoms with Gasteiger partial charge in [-0.3, -0.25) is 9.59 Å². The summed E-state index contributed by atoms with van der Waals surface area (Å²) in [7, 11) is -2.64. The van der Waals surface area contributed by atoms with Crippen molar-refractivity contribution < 1.29 is 22.7 Å². The Kier molecular flexibility index (Phi) is 6.12. The highest BCUT2D eigenvalue weighted by Crippen LogP contribution is 2.23. The summed E-state index contributed by atoms with van der Waals surface area (Å²) in [6, 6.07) is 12.5. The molecule has 0 aliphatic carbocycles. The fourth-order valence-corrected chi connectivity index (χ4v) is 3.49. The van der Waals surface area contributed by atoms with Crippen LogP contribution < -0.4 is 10.0 Å². The number of nitrogens with one attached hydrogen (secondary N) is 2. The minimum Gasteiger partial charge on any atom is -0.468 e. The van der Waals surface area contributed by atoms with Crippen molar-refractivity contribution in [3.05, 3.63) is 48.5 Å². The van der Waals surface area contributed by atoms with Crippen LogP contribution in [0.3, 0.4) is 0 Å². The van der Waals surface area contributed by atoms with E-state index >= 15 is 0 Å². The Morgan fingerprint density at radius 2 is 1.46 bits per heavy atom. The average molecular weight is 376 g/mol. The van der Waals surface area contributed by atoms with Gasteiger partial charge in [0.05, 0.1) is 12.0 Å². The molecule has 0 aromatic heterocycles. The van der Waals surface area contributed by atoms with Crippen molar-refractivity contribution in [1.82, 2.24) is 4.72 Å². The topological polar surface area (TPSA) is 102 Å². The van der Waals surface area contributed by atoms with E-state index < -0.39 is 22.0 Å². The van der Waals surface area contributed by atoms with Gasteiger partial charge in [0.1, 0.15) is 6.04 Å². The van der Waals surface area contributed by atoms with Crippen LogP contribution in [0.5, 0.6) is 0 Å². The van der Waals surface area contributed by atoms with E-state index in [4.69, 9.17) is 0 Å². The van der Waals surface area contributed by atoms with E-state index in [2.05, 4.69) is 14.8 Å². The molecule has 2 aromatic rings. The number of benzene rings is 2. The molecule has 0 radical (unpaired) electrons. The maximum Gasteiger partial charge on any atom is 0.323 e. The summed E-state index contributed by atoms with van der Waals surface area (Å²) in [5, 5.41) is 2.68. The molecule has 0 saturated carbocycles. The van der Waals surface area contributed by atoms with Gasteiger partial charge in [0.2, 0.25) is 15.9 Å². The highest BCUT2D eigenvalue weighted by molar-refractivity contribution is 7.89. The van der Waals surface area contributed by atoms with Gasteiger partial charge in [-0.2, -0.15) is 4.72 Å². The minimum atomic E-state index is -3.83. The first-order valence-electron chi connectivity index (χ1n) is 7.81. The lowest BCUT2D eigenvalue weighted by atomic mass is 10.1. The van der Waals surface area contributed by atoms with Crippen LogP contribution in [0, 0.1) is 0 Å². The first kappa shape index (κ1) is 19.6. The lowest BCUT2D eigenvalue weighted by Gasteiger charge is -2.12. The molecule has 1 atom stereocenters. The van der Waals surface area contributed by atoms with Crippen molar-refractivity contribution in [2.75, 3.05) is 12.4 Å². The molecule has 2 N–H and O–H groups in total. The third-order valence-corrected chi connectivity index (χ3v) is 5.15. The molecule has 0 spiro atoms. The van der Waals surface area contributed by atoms with Crippen molar-refractivity contribution in [2.24, 2.45) is 0 Å². The summed E-state index contributed by atoms with van der Waals surface area (Å²) in [6.07, 6.45) is 0. The number of rotatable bonds is 6. The smallest absolute Gasteiger partial charge is 0.323 e. The van der Waals surface area contributed by atoms with Gasteiger partial charge in [-0.05, 0) is 42.3 Å². The van der Waals surface area contributed by atoms with Crippen LogP contribution >= 0.6 is 0 Å². The van der Waals surface area contributed by atoms with Gasteiger partial charge in [-0.15, -0.1) is 0 Å². The van der Waals surface area contributed by atoms with E-state index in [1.165, 1.54) is 33.1 Å². The number of ether oxygens (including phenoxy) is 1. The summed E-state index contributed by atoms with van der Waals surface area (Å²) in [5.41, 5.74) is 2.37. The highest BCUT2D eigenvalue weighted by atomic mass is 32.2. The van der Waals surface area contributed by atoms with Crippen LogP contribution in [-0.4, -0.2) is 33.4 Å². The largest absolute Gasteiger partial charge is 0.468 e. The lowest BCUT2D eigenvalue weighted by molar-refractivity contribution is -0.142. The molecule has 0 heterocycles. The SMILES string of the molecule is COC(=O)[C@@H](C)NS(=O)(=O)c1ccc(-c2ccc(NC(C)=O)cc2)cc1. The molecular formula is C18H20N2O5S. The zero-order valence-corrected chi connectivity index (χ0v) is 15.5. The van der Waals surface area contributed by atoms with Gasteiger partial charge in [0, 0.05) is 12.6 Å². The lowest BCUT2D eigenvalue weighted by Crippen LogP contribution is -2.39. The van der Waals surface area contributed by atoms with E-state index in [0.717, 1.165) is 11.1 Å². The molecule has 2 rings (SSSR count). The third-order valence-electron chi connectivity index (χ3n) is 3.59. The van der Waals surface area contributed by atoms with Gasteiger partial charge in [-0.25, -0.2) is 8.42 Å². The zero-order chi connectivity index (χ0) is 19.3. The number of carbonyl (C=O) groups excluding carboxylic acids is 2. The maximum atomic E-state index is 12.3. The van der Waals surface area contributed by atoms with Gasteiger partial charge >= 0.3 is 5.97 Å². The summed E-state index contributed by atoms with van der Waals surface area (Å²) < 4.78 is 31.4. The van der Waals surface area contributed by atoms with Crippen molar-refractivity contribution in [3.63, 3.8) is 0 Å². The van der Waals surface area contributed by atoms with Crippen LogP contribution in [0.25, 0.3) is 11.1 Å². The fraction of sp³-hybridized carbons (Fsp3) is 0.222. The predicted molar refractivity (Wildman–Crippen MR) is 98.0 cm³/mol. The van der Waals surface area contributed by atoms with E-state index in [0.29, 0.717) is 5.69 Å². The number of carbonyl (C=O) groups is 2. The Labute approximate surface area is 152 Å². The van der Waals surface area contributed by atoms with Gasteiger partial charge < -0.3 is 10.1 Å². The van der Waals surface area contributed by atoms with E-state index in [-0.39, 0.29) is 10.8 Å². The Balaban J connectivity index is 2.17. The van der Waals surface area contributed by atoms with Crippen molar-refractivity contribution >= 4 is 27.6 Å². The minimum absolute atomic E-state index is 0.0480. The van der Waals surface area contributed by atoms with E-state index in [9.17, 15) is 18.0 Å². The number of hydrogen-bond acceptors (Lipinski definition) is 5. The molecule has 0 unspecified atom stereocenters. The molecular weight excluding hydrogens is 356 g/mol. The maximum absolute atomic E-state index is 12.3. The first-order chi connectivity index (χ1) is 12.2. The van der Waals surface area contributed by atoms with Gasteiger partial charge in [0.15, 0.2) is 0 Å². The molecule has 0 saturated heterocycles. The van der Waals surface area contributed by atoms with Gasteiger partial charge in [-0.1, -0.05) is 24.3 Å². The molecule has 0 fully saturated rings. The van der Waals surface area contributed by atoms with Crippen molar-refractivity contribution in [3.8, 4) is 11.1 Å². The number of methoxy groups -OCH3 is 1. The summed E-state index contributed by atoms with van der Waals surface area (Å²) >= 11 is 0. The van der Waals surface area contributed by atoms with Crippen LogP contribution in [0.1, 0.15) is 13.8 Å². The monoisotopic (exact) mass is 376 g/mol. The predicted octanol–water partition coefficient (Wildman–Crippen LogP) is 2.15. The normalized spacial score (nSPS) is 12.3. The molecule has 1 amide bonds. The van der Waals surface area contributed by atoms with Gasteiger partial charge in [0.25, 0.3) is 0 Å². The van der Waals surface area contributed by atoms with Crippen LogP contribution in [0.15, 0.2) is 53.4 Å². The van der Waals surface area contributed by atoms with Crippen LogP contribution in [0.2, 0.25) is 0 Å². The Hall–Kier alpha value is -2.71. The molecule has 0 aliphatic rings. The summed E-state index contributed by atoms with van der Waals surface area (Å²) in [4.78, 5) is 22.5. The second-order valence-electron chi connectivity index (χ2n) is 5.65. The second-order valence-corrected chi connectivity index (χ2v) is 7.36. The van der Waals surface area contributed by atoms with Crippen LogP contribution in [0.4, 0.5) is 5.69 Å². The molecule has 0 aliphatic heterocycles. The molecule has 0 bridgehead atoms. The summed E-state index contributed by atoms with van der Waals surface area (Å²) in [5.74, 6) is -0.814. The van der Waals surface area contributed by atoms with E-state index in [1.54, 1.807) is 24.3 Å². The Bertz CT molecular complexity index is 890. The summed E-state index contributed by atoms with van der Waals surface area (Å²) in [6.45, 7) is 2.84. The van der Waals surface area contributed by atoms with Crippen LogP contribution in [-0.2, 0) is 24.3 Å². The third kappa shape index (κ3) is 4.90. The standard InChI is InChI=1S/C18H20N2O5S/c1-12(18(22)25-3)20-26(23,24)17-10-6-15(7-11-17)14-4-8-16(9-5-14)19-13(2)21/h4-12,20H,1-3H3,(H,19,21)/t12-/m1/s1. The Morgan fingerprint density at radius 1 is 0.962 bits per heavy atom. The molecule has 26 heavy (non-hydrogen) atoms. The zero-order valence-electron chi connectivity index (χ0n) is 14.6. The number of amides is 1. The molecule has 7 nitrogen and oxygen atoms in total. The number of esters is 1. The van der Waals surface area contributed by atoms with Crippen molar-refractivity contribution in [2.45, 2.75) is 24.8 Å². The first-order valence-corrected chi connectivity index (χ1v) is 9.29. The highest BCUT2D eigenvalue weighted by Gasteiger charge is 2.22. The van der Waals surface area contributed by atoms with Crippen molar-refractivity contribution in [1.29, 1.82) is 0 Å². The number of anilines is 1. The second kappa shape index (κ2) is 8.11. The number of sulfonamides is 1. The molecule has 2 aromatic carbocycles. The molecule has 8 heteroatoms. The Morgan fingerprint density at radius 3 is 1.92 bits per heavy atom.